The van der Waals surface area contributed by atoms with Crippen molar-refractivity contribution in [2.45, 2.75) is 26.8 Å². The van der Waals surface area contributed by atoms with Crippen molar-refractivity contribution in [3.63, 3.8) is 0 Å². The molecule has 0 N–H and O–H groups in total. The highest BCUT2D eigenvalue weighted by Gasteiger charge is 2.26. The molecule has 0 spiro atoms. The number of hydrogen-bond acceptors (Lipinski definition) is 5. The van der Waals surface area contributed by atoms with Crippen LogP contribution in [0.4, 0.5) is 5.69 Å². The molecule has 0 radical (unpaired) electrons. The van der Waals surface area contributed by atoms with Crippen molar-refractivity contribution in [3.05, 3.63) is 52.6 Å². The number of ether oxygens (including phenoxy) is 2. The number of anilines is 1. The highest BCUT2D eigenvalue weighted by molar-refractivity contribution is 5.78. The number of piperazine rings is 1. The minimum Gasteiger partial charge on any atom is -0.493 e. The van der Waals surface area contributed by atoms with Gasteiger partial charge < -0.3 is 19.3 Å². The molecule has 6 heteroatoms. The van der Waals surface area contributed by atoms with Crippen LogP contribution >= 0.6 is 0 Å². The predicted molar refractivity (Wildman–Crippen MR) is 123 cm³/mol. The lowest BCUT2D eigenvalue weighted by Gasteiger charge is -2.38. The molecule has 2 aromatic rings. The van der Waals surface area contributed by atoms with E-state index in [9.17, 15) is 4.79 Å². The van der Waals surface area contributed by atoms with Gasteiger partial charge in [0.2, 0.25) is 5.91 Å². The Bertz CT molecular complexity index is 951. The van der Waals surface area contributed by atoms with E-state index in [1.54, 1.807) is 14.2 Å². The molecule has 0 saturated carbocycles. The fraction of sp³-hybridized carbons (Fsp3) is 0.480. The summed E-state index contributed by atoms with van der Waals surface area (Å²) in [5.41, 5.74) is 6.45. The van der Waals surface area contributed by atoms with Crippen LogP contribution in [0.25, 0.3) is 0 Å². The molecule has 6 nitrogen and oxygen atoms in total. The van der Waals surface area contributed by atoms with Crippen molar-refractivity contribution >= 4 is 11.6 Å². The summed E-state index contributed by atoms with van der Waals surface area (Å²) in [6.45, 7) is 9.79. The summed E-state index contributed by atoms with van der Waals surface area (Å²) in [7, 11) is 3.32. The summed E-state index contributed by atoms with van der Waals surface area (Å²) < 4.78 is 10.9. The molecule has 4 rings (SSSR count). The summed E-state index contributed by atoms with van der Waals surface area (Å²) in [6, 6.07) is 10.6. The second-order valence-electron chi connectivity index (χ2n) is 8.52. The lowest BCUT2D eigenvalue weighted by Crippen LogP contribution is -2.51. The highest BCUT2D eigenvalue weighted by atomic mass is 16.5. The molecule has 2 aliphatic heterocycles. The number of carbonyl (C=O) groups is 1. The molecule has 2 aliphatic rings. The molecule has 31 heavy (non-hydrogen) atoms. The van der Waals surface area contributed by atoms with Crippen molar-refractivity contribution in [2.24, 2.45) is 0 Å². The van der Waals surface area contributed by atoms with Crippen LogP contribution in [0.5, 0.6) is 11.5 Å². The SMILES string of the molecule is COc1cc2c(cc1OC)CN(CC(=O)N1CCN(c3cccc(C)c3C)CC1)CC2. The Morgan fingerprint density at radius 3 is 2.29 bits per heavy atom. The normalized spacial score (nSPS) is 16.8. The molecule has 0 aliphatic carbocycles. The molecule has 0 atom stereocenters. The van der Waals surface area contributed by atoms with Gasteiger partial charge in [-0.3, -0.25) is 9.69 Å². The van der Waals surface area contributed by atoms with Crippen molar-refractivity contribution in [1.82, 2.24) is 9.80 Å². The van der Waals surface area contributed by atoms with Crippen LogP contribution < -0.4 is 14.4 Å². The number of fused-ring (bicyclic) bond motifs is 1. The lowest BCUT2D eigenvalue weighted by atomic mass is 9.98. The quantitative estimate of drug-likeness (QED) is 0.740. The van der Waals surface area contributed by atoms with Crippen molar-refractivity contribution in [3.8, 4) is 11.5 Å². The first kappa shape index (κ1) is 21.5. The van der Waals surface area contributed by atoms with Crippen LogP contribution in [-0.2, 0) is 17.8 Å². The highest BCUT2D eigenvalue weighted by Crippen LogP contribution is 2.33. The van der Waals surface area contributed by atoms with Gasteiger partial charge >= 0.3 is 0 Å². The van der Waals surface area contributed by atoms with Crippen LogP contribution in [0.1, 0.15) is 22.3 Å². The Morgan fingerprint density at radius 1 is 0.935 bits per heavy atom. The summed E-state index contributed by atoms with van der Waals surface area (Å²) in [5, 5.41) is 0. The number of hydrogen-bond donors (Lipinski definition) is 0. The molecule has 0 unspecified atom stereocenters. The summed E-state index contributed by atoms with van der Waals surface area (Å²) in [5.74, 6) is 1.74. The van der Waals surface area contributed by atoms with E-state index in [1.165, 1.54) is 27.9 Å². The third kappa shape index (κ3) is 4.49. The van der Waals surface area contributed by atoms with E-state index < -0.39 is 0 Å². The predicted octanol–water partition coefficient (Wildman–Crippen LogP) is 3.03. The monoisotopic (exact) mass is 423 g/mol. The minimum atomic E-state index is 0.226. The van der Waals surface area contributed by atoms with Crippen LogP contribution in [0.3, 0.4) is 0 Å². The van der Waals surface area contributed by atoms with Crippen molar-refractivity contribution < 1.29 is 14.3 Å². The Kier molecular flexibility index (Phi) is 6.37. The first-order chi connectivity index (χ1) is 15.0. The van der Waals surface area contributed by atoms with E-state index >= 15 is 0 Å². The van der Waals surface area contributed by atoms with Gasteiger partial charge in [-0.05, 0) is 60.7 Å². The van der Waals surface area contributed by atoms with Gasteiger partial charge in [0.1, 0.15) is 0 Å². The maximum Gasteiger partial charge on any atom is 0.236 e. The van der Waals surface area contributed by atoms with E-state index in [2.05, 4.69) is 47.9 Å². The van der Waals surface area contributed by atoms with Crippen molar-refractivity contribution in [1.29, 1.82) is 0 Å². The molecular weight excluding hydrogens is 390 g/mol. The van der Waals surface area contributed by atoms with Gasteiger partial charge in [0, 0.05) is 45.0 Å². The zero-order valence-electron chi connectivity index (χ0n) is 19.1. The number of methoxy groups -OCH3 is 2. The minimum absolute atomic E-state index is 0.226. The average molecular weight is 424 g/mol. The van der Waals surface area contributed by atoms with Crippen LogP contribution in [0.15, 0.2) is 30.3 Å². The molecule has 0 aromatic heterocycles. The van der Waals surface area contributed by atoms with E-state index in [1.807, 2.05) is 11.0 Å². The van der Waals surface area contributed by atoms with Gasteiger partial charge in [-0.25, -0.2) is 0 Å². The zero-order valence-corrected chi connectivity index (χ0v) is 19.1. The summed E-state index contributed by atoms with van der Waals surface area (Å²) in [6.07, 6.45) is 0.920. The molecule has 1 fully saturated rings. The maximum absolute atomic E-state index is 13.0. The standard InChI is InChI=1S/C25H33N3O3/c1-18-6-5-7-22(19(18)2)27-10-12-28(13-11-27)25(29)17-26-9-8-20-14-23(30-3)24(31-4)15-21(20)16-26/h5-7,14-15H,8-13,16-17H2,1-4H3. The van der Waals surface area contributed by atoms with Crippen LogP contribution in [-0.4, -0.2) is 69.2 Å². The van der Waals surface area contributed by atoms with Gasteiger partial charge in [-0.15, -0.1) is 0 Å². The number of aryl methyl sites for hydroxylation is 1. The van der Waals surface area contributed by atoms with Gasteiger partial charge in [0.25, 0.3) is 0 Å². The summed E-state index contributed by atoms with van der Waals surface area (Å²) >= 11 is 0. The maximum atomic E-state index is 13.0. The van der Waals surface area contributed by atoms with Crippen LogP contribution in [0.2, 0.25) is 0 Å². The average Bonchev–Trinajstić information content (AvgIpc) is 2.80. The molecule has 166 valence electrons. The first-order valence-corrected chi connectivity index (χ1v) is 11.0. The lowest BCUT2D eigenvalue weighted by molar-refractivity contribution is -0.132. The number of nitrogens with zero attached hydrogens (tertiary/aromatic N) is 3. The third-order valence-corrected chi connectivity index (χ3v) is 6.71. The number of amides is 1. The first-order valence-electron chi connectivity index (χ1n) is 11.0. The van der Waals surface area contributed by atoms with E-state index in [-0.39, 0.29) is 5.91 Å². The van der Waals surface area contributed by atoms with Gasteiger partial charge in [-0.1, -0.05) is 12.1 Å². The molecule has 2 aromatic carbocycles. The Morgan fingerprint density at radius 2 is 1.61 bits per heavy atom. The zero-order chi connectivity index (χ0) is 22.0. The third-order valence-electron chi connectivity index (χ3n) is 6.71. The van der Waals surface area contributed by atoms with E-state index in [0.717, 1.165) is 57.2 Å². The van der Waals surface area contributed by atoms with E-state index in [4.69, 9.17) is 9.47 Å². The van der Waals surface area contributed by atoms with Gasteiger partial charge in [0.15, 0.2) is 11.5 Å². The van der Waals surface area contributed by atoms with Gasteiger partial charge in [-0.2, -0.15) is 0 Å². The number of benzene rings is 2. The van der Waals surface area contributed by atoms with Gasteiger partial charge in [0.05, 0.1) is 20.8 Å². The molecule has 1 saturated heterocycles. The smallest absolute Gasteiger partial charge is 0.236 e. The Hall–Kier alpha value is -2.73. The Balaban J connectivity index is 1.34. The second-order valence-corrected chi connectivity index (χ2v) is 8.52. The number of carbonyl (C=O) groups excluding carboxylic acids is 1. The largest absolute Gasteiger partial charge is 0.493 e. The molecule has 2 heterocycles. The number of rotatable bonds is 5. The second kappa shape index (κ2) is 9.18. The van der Waals surface area contributed by atoms with E-state index in [0.29, 0.717) is 6.54 Å². The Labute approximate surface area is 185 Å². The summed E-state index contributed by atoms with van der Waals surface area (Å²) in [4.78, 5) is 19.7. The van der Waals surface area contributed by atoms with Crippen LogP contribution in [0, 0.1) is 13.8 Å². The molecular formula is C25H33N3O3. The fourth-order valence-electron chi connectivity index (χ4n) is 4.64. The molecule has 1 amide bonds. The fourth-order valence-corrected chi connectivity index (χ4v) is 4.64. The van der Waals surface area contributed by atoms with Crippen molar-refractivity contribution in [2.75, 3.05) is 58.4 Å². The topological polar surface area (TPSA) is 45.3 Å². The molecule has 0 bridgehead atoms.